The highest BCUT2D eigenvalue weighted by Crippen LogP contribution is 2.24. The molecular weight excluding hydrogens is 260 g/mol. The molecule has 0 saturated heterocycles. The monoisotopic (exact) mass is 284 g/mol. The van der Waals surface area contributed by atoms with Gasteiger partial charge in [-0.2, -0.15) is 5.10 Å². The smallest absolute Gasteiger partial charge is 0.0534 e. The van der Waals surface area contributed by atoms with Gasteiger partial charge in [0.05, 0.1) is 6.20 Å². The molecule has 1 heterocycles. The number of hydrogen-bond acceptors (Lipinski definition) is 3. The van der Waals surface area contributed by atoms with Crippen molar-refractivity contribution in [3.63, 3.8) is 0 Å². The van der Waals surface area contributed by atoms with E-state index in [-0.39, 0.29) is 0 Å². The van der Waals surface area contributed by atoms with Gasteiger partial charge in [-0.3, -0.25) is 9.58 Å². The molecule has 1 fully saturated rings. The van der Waals surface area contributed by atoms with Crippen molar-refractivity contribution in [1.29, 1.82) is 0 Å². The van der Waals surface area contributed by atoms with Crippen LogP contribution in [0.3, 0.4) is 0 Å². The SMILES string of the molecule is CN(Cc1cnn(C)c1)C(CNC1CC1)c1ccccc1. The highest BCUT2D eigenvalue weighted by Gasteiger charge is 2.24. The van der Waals surface area contributed by atoms with E-state index in [1.807, 2.05) is 17.9 Å². The summed E-state index contributed by atoms with van der Waals surface area (Å²) < 4.78 is 1.86. The number of likely N-dealkylation sites (N-methyl/N-ethyl adjacent to an activating group) is 1. The summed E-state index contributed by atoms with van der Waals surface area (Å²) in [7, 11) is 4.16. The number of benzene rings is 1. The fourth-order valence-electron chi connectivity index (χ4n) is 2.72. The van der Waals surface area contributed by atoms with E-state index in [0.717, 1.165) is 19.1 Å². The molecule has 0 bridgehead atoms. The summed E-state index contributed by atoms with van der Waals surface area (Å²) in [5, 5.41) is 7.92. The molecule has 0 amide bonds. The fourth-order valence-corrected chi connectivity index (χ4v) is 2.72. The minimum atomic E-state index is 0.395. The Bertz CT molecular complexity index is 559. The number of aryl methyl sites for hydroxylation is 1. The molecule has 112 valence electrons. The lowest BCUT2D eigenvalue weighted by molar-refractivity contribution is 0.229. The third-order valence-electron chi connectivity index (χ3n) is 4.08. The average molecular weight is 284 g/mol. The first-order valence-electron chi connectivity index (χ1n) is 7.68. The Morgan fingerprint density at radius 3 is 2.71 bits per heavy atom. The van der Waals surface area contributed by atoms with Crippen molar-refractivity contribution >= 4 is 0 Å². The molecule has 1 aliphatic rings. The first kappa shape index (κ1) is 14.3. The Morgan fingerprint density at radius 1 is 1.33 bits per heavy atom. The van der Waals surface area contributed by atoms with Gasteiger partial charge in [0.25, 0.3) is 0 Å². The number of nitrogens with zero attached hydrogens (tertiary/aromatic N) is 3. The molecule has 2 aromatic rings. The van der Waals surface area contributed by atoms with Crippen molar-refractivity contribution < 1.29 is 0 Å². The molecule has 1 aromatic carbocycles. The van der Waals surface area contributed by atoms with Crippen LogP contribution in [0, 0.1) is 0 Å². The number of rotatable bonds is 7. The van der Waals surface area contributed by atoms with E-state index < -0.39 is 0 Å². The minimum absolute atomic E-state index is 0.395. The lowest BCUT2D eigenvalue weighted by Gasteiger charge is -2.28. The van der Waals surface area contributed by atoms with E-state index in [2.05, 4.69) is 58.9 Å². The van der Waals surface area contributed by atoms with Gasteiger partial charge < -0.3 is 5.32 Å². The van der Waals surface area contributed by atoms with Crippen LogP contribution < -0.4 is 5.32 Å². The number of aromatic nitrogens is 2. The lowest BCUT2D eigenvalue weighted by Crippen LogP contribution is -2.34. The largest absolute Gasteiger partial charge is 0.312 e. The van der Waals surface area contributed by atoms with Crippen LogP contribution in [0.25, 0.3) is 0 Å². The molecule has 1 unspecified atom stereocenters. The van der Waals surface area contributed by atoms with Crippen molar-refractivity contribution in [3.05, 3.63) is 53.9 Å². The molecule has 3 rings (SSSR count). The highest BCUT2D eigenvalue weighted by molar-refractivity contribution is 5.20. The van der Waals surface area contributed by atoms with E-state index in [0.29, 0.717) is 6.04 Å². The first-order valence-corrected chi connectivity index (χ1v) is 7.68. The van der Waals surface area contributed by atoms with Crippen molar-refractivity contribution in [3.8, 4) is 0 Å². The Hall–Kier alpha value is -1.65. The maximum absolute atomic E-state index is 4.26. The molecule has 21 heavy (non-hydrogen) atoms. The summed E-state index contributed by atoms with van der Waals surface area (Å²) in [6.07, 6.45) is 6.70. The average Bonchev–Trinajstić information content (AvgIpc) is 3.22. The molecule has 1 saturated carbocycles. The first-order chi connectivity index (χ1) is 10.2. The van der Waals surface area contributed by atoms with E-state index in [1.165, 1.54) is 24.0 Å². The lowest BCUT2D eigenvalue weighted by atomic mass is 10.1. The van der Waals surface area contributed by atoms with Gasteiger partial charge in [0, 0.05) is 44.0 Å². The third-order valence-corrected chi connectivity index (χ3v) is 4.08. The molecule has 4 nitrogen and oxygen atoms in total. The Balaban J connectivity index is 1.70. The van der Waals surface area contributed by atoms with Crippen LogP contribution in [0.4, 0.5) is 0 Å². The summed E-state index contributed by atoms with van der Waals surface area (Å²) in [4.78, 5) is 2.40. The molecule has 0 spiro atoms. The summed E-state index contributed by atoms with van der Waals surface area (Å²) in [5.41, 5.74) is 2.63. The second-order valence-corrected chi connectivity index (χ2v) is 6.05. The summed E-state index contributed by atoms with van der Waals surface area (Å²) in [6, 6.07) is 11.9. The van der Waals surface area contributed by atoms with Gasteiger partial charge in [-0.15, -0.1) is 0 Å². The Labute approximate surface area is 126 Å². The van der Waals surface area contributed by atoms with Gasteiger partial charge in [0.2, 0.25) is 0 Å². The number of hydrogen-bond donors (Lipinski definition) is 1. The highest BCUT2D eigenvalue weighted by atomic mass is 15.2. The van der Waals surface area contributed by atoms with Gasteiger partial charge in [0.1, 0.15) is 0 Å². The van der Waals surface area contributed by atoms with E-state index in [1.54, 1.807) is 0 Å². The van der Waals surface area contributed by atoms with Crippen LogP contribution in [-0.4, -0.2) is 34.3 Å². The zero-order valence-corrected chi connectivity index (χ0v) is 12.9. The minimum Gasteiger partial charge on any atom is -0.312 e. The van der Waals surface area contributed by atoms with E-state index in [9.17, 15) is 0 Å². The topological polar surface area (TPSA) is 33.1 Å². The maximum atomic E-state index is 4.26. The molecule has 1 aromatic heterocycles. The predicted octanol–water partition coefficient (Wildman–Crippen LogP) is 2.35. The van der Waals surface area contributed by atoms with Crippen molar-refractivity contribution in [2.75, 3.05) is 13.6 Å². The van der Waals surface area contributed by atoms with Crippen molar-refractivity contribution in [1.82, 2.24) is 20.0 Å². The van der Waals surface area contributed by atoms with Crippen LogP contribution in [0.5, 0.6) is 0 Å². The summed E-state index contributed by atoms with van der Waals surface area (Å²) in [6.45, 7) is 1.92. The summed E-state index contributed by atoms with van der Waals surface area (Å²) >= 11 is 0. The van der Waals surface area contributed by atoms with Crippen LogP contribution in [-0.2, 0) is 13.6 Å². The van der Waals surface area contributed by atoms with Crippen LogP contribution in [0.1, 0.15) is 30.0 Å². The zero-order valence-electron chi connectivity index (χ0n) is 12.9. The molecule has 0 aliphatic heterocycles. The molecule has 1 aliphatic carbocycles. The normalized spacial score (nSPS) is 16.3. The van der Waals surface area contributed by atoms with Crippen LogP contribution in [0.2, 0.25) is 0 Å². The second-order valence-electron chi connectivity index (χ2n) is 6.05. The van der Waals surface area contributed by atoms with Gasteiger partial charge in [0.15, 0.2) is 0 Å². The Morgan fingerprint density at radius 2 is 2.10 bits per heavy atom. The maximum Gasteiger partial charge on any atom is 0.0534 e. The van der Waals surface area contributed by atoms with Crippen molar-refractivity contribution in [2.24, 2.45) is 7.05 Å². The van der Waals surface area contributed by atoms with Gasteiger partial charge in [-0.05, 0) is 25.5 Å². The van der Waals surface area contributed by atoms with Gasteiger partial charge >= 0.3 is 0 Å². The number of nitrogens with one attached hydrogen (secondary N) is 1. The molecule has 1 atom stereocenters. The second kappa shape index (κ2) is 6.41. The van der Waals surface area contributed by atoms with Gasteiger partial charge in [-0.1, -0.05) is 30.3 Å². The standard InChI is InChI=1S/C17H24N4/c1-20(12-14-10-19-21(2)13-14)17(11-18-16-8-9-16)15-6-4-3-5-7-15/h3-7,10,13,16-18H,8-9,11-12H2,1-2H3. The van der Waals surface area contributed by atoms with Crippen LogP contribution in [0.15, 0.2) is 42.7 Å². The van der Waals surface area contributed by atoms with E-state index in [4.69, 9.17) is 0 Å². The quantitative estimate of drug-likeness (QED) is 0.847. The van der Waals surface area contributed by atoms with Crippen molar-refractivity contribution in [2.45, 2.75) is 31.5 Å². The fraction of sp³-hybridized carbons (Fsp3) is 0.471. The molecule has 4 heteroatoms. The predicted molar refractivity (Wildman–Crippen MR) is 84.9 cm³/mol. The zero-order chi connectivity index (χ0) is 14.7. The van der Waals surface area contributed by atoms with Gasteiger partial charge in [-0.25, -0.2) is 0 Å². The van der Waals surface area contributed by atoms with E-state index >= 15 is 0 Å². The van der Waals surface area contributed by atoms with Crippen LogP contribution >= 0.6 is 0 Å². The summed E-state index contributed by atoms with van der Waals surface area (Å²) in [5.74, 6) is 0. The Kier molecular flexibility index (Phi) is 4.36. The molecule has 0 radical (unpaired) electrons. The third kappa shape index (κ3) is 3.93. The molecule has 1 N–H and O–H groups in total. The molecular formula is C17H24N4.